The number of ether oxygens (including phenoxy) is 1. The van der Waals surface area contributed by atoms with E-state index >= 15 is 0 Å². The topological polar surface area (TPSA) is 22.1 Å². The summed E-state index contributed by atoms with van der Waals surface area (Å²) in [5.74, 6) is 0.948. The van der Waals surface area contributed by atoms with E-state index in [2.05, 4.69) is 61.3 Å². The van der Waals surface area contributed by atoms with Gasteiger partial charge in [-0.2, -0.15) is 0 Å². The molecule has 0 unspecified atom stereocenters. The van der Waals surface area contributed by atoms with Crippen LogP contribution in [0.3, 0.4) is 0 Å². The molecule has 3 aromatic rings. The lowest BCUT2D eigenvalue weighted by Gasteiger charge is -2.15. The lowest BCUT2D eigenvalue weighted by molar-refractivity contribution is 0.300. The van der Waals surface area contributed by atoms with Crippen LogP contribution in [0.4, 0.5) is 0 Å². The molecular weight excluding hydrogens is 306 g/mol. The Morgan fingerprint density at radius 1 is 0.920 bits per heavy atom. The van der Waals surface area contributed by atoms with Crippen molar-refractivity contribution in [2.45, 2.75) is 39.7 Å². The molecule has 0 amide bonds. The lowest BCUT2D eigenvalue weighted by atomic mass is 9.93. The first-order valence-electron chi connectivity index (χ1n) is 8.97. The van der Waals surface area contributed by atoms with Gasteiger partial charge < -0.3 is 4.74 Å². The Balaban J connectivity index is 1.69. The van der Waals surface area contributed by atoms with Gasteiger partial charge in [-0.05, 0) is 84.7 Å². The number of hydrogen-bond acceptors (Lipinski definition) is 2. The van der Waals surface area contributed by atoms with E-state index < -0.39 is 0 Å². The number of benzene rings is 2. The van der Waals surface area contributed by atoms with E-state index in [1.807, 2.05) is 12.3 Å². The molecular formula is C23H23NO. The second-order valence-electron chi connectivity index (χ2n) is 6.83. The average molecular weight is 329 g/mol. The highest BCUT2D eigenvalue weighted by Crippen LogP contribution is 2.37. The van der Waals surface area contributed by atoms with Crippen molar-refractivity contribution in [1.82, 2.24) is 4.98 Å². The fourth-order valence-corrected chi connectivity index (χ4v) is 3.70. The second-order valence-corrected chi connectivity index (χ2v) is 6.83. The molecule has 0 saturated heterocycles. The number of rotatable bonds is 4. The monoisotopic (exact) mass is 329 g/mol. The van der Waals surface area contributed by atoms with Gasteiger partial charge in [0.1, 0.15) is 12.4 Å². The Bertz CT molecular complexity index is 914. The van der Waals surface area contributed by atoms with Gasteiger partial charge in [0, 0.05) is 6.20 Å². The number of aryl methyl sites for hydroxylation is 3. The molecule has 4 rings (SSSR count). The molecule has 0 N–H and O–H groups in total. The summed E-state index contributed by atoms with van der Waals surface area (Å²) in [6.07, 6.45) is 5.37. The molecule has 1 aliphatic carbocycles. The fourth-order valence-electron chi connectivity index (χ4n) is 3.70. The van der Waals surface area contributed by atoms with Crippen LogP contribution in [-0.4, -0.2) is 4.98 Å². The third-order valence-corrected chi connectivity index (χ3v) is 5.12. The molecule has 0 radical (unpaired) electrons. The SMILES string of the molecule is Cc1ccccc1-c1cc(OCc2ncccc2C)cc2c1CCC2. The highest BCUT2D eigenvalue weighted by Gasteiger charge is 2.19. The van der Waals surface area contributed by atoms with Crippen molar-refractivity contribution >= 4 is 0 Å². The molecule has 1 heterocycles. The summed E-state index contributed by atoms with van der Waals surface area (Å²) >= 11 is 0. The Morgan fingerprint density at radius 2 is 1.76 bits per heavy atom. The molecule has 2 aromatic carbocycles. The van der Waals surface area contributed by atoms with Crippen LogP contribution in [0.15, 0.2) is 54.7 Å². The molecule has 2 nitrogen and oxygen atoms in total. The van der Waals surface area contributed by atoms with Gasteiger partial charge in [0.25, 0.3) is 0 Å². The van der Waals surface area contributed by atoms with Crippen molar-refractivity contribution in [2.75, 3.05) is 0 Å². The highest BCUT2D eigenvalue weighted by molar-refractivity contribution is 5.74. The smallest absolute Gasteiger partial charge is 0.130 e. The average Bonchev–Trinajstić information content (AvgIpc) is 3.09. The Hall–Kier alpha value is -2.61. The zero-order valence-electron chi connectivity index (χ0n) is 14.9. The number of nitrogens with zero attached hydrogens (tertiary/aromatic N) is 1. The predicted octanol–water partition coefficient (Wildman–Crippen LogP) is 5.43. The van der Waals surface area contributed by atoms with E-state index in [0.717, 1.165) is 17.9 Å². The van der Waals surface area contributed by atoms with Crippen molar-refractivity contribution in [3.05, 3.63) is 82.7 Å². The van der Waals surface area contributed by atoms with Crippen molar-refractivity contribution in [1.29, 1.82) is 0 Å². The van der Waals surface area contributed by atoms with Crippen molar-refractivity contribution in [2.24, 2.45) is 0 Å². The normalized spacial score (nSPS) is 12.9. The standard InChI is InChI=1S/C23H23NO/c1-16-7-3-4-10-20(16)22-14-19(13-18-9-5-11-21(18)22)25-15-23-17(2)8-6-12-24-23/h3-4,6-8,10,12-14H,5,9,11,15H2,1-2H3. The molecule has 0 fully saturated rings. The lowest BCUT2D eigenvalue weighted by Crippen LogP contribution is -2.01. The Kier molecular flexibility index (Phi) is 4.27. The van der Waals surface area contributed by atoms with Crippen LogP contribution in [0.1, 0.15) is 34.4 Å². The van der Waals surface area contributed by atoms with Crippen molar-refractivity contribution < 1.29 is 4.74 Å². The molecule has 1 aliphatic rings. The summed E-state index contributed by atoms with van der Waals surface area (Å²) in [4.78, 5) is 4.44. The minimum absolute atomic E-state index is 0.513. The van der Waals surface area contributed by atoms with Gasteiger partial charge in [0.15, 0.2) is 0 Å². The molecule has 25 heavy (non-hydrogen) atoms. The van der Waals surface area contributed by atoms with E-state index in [1.165, 1.54) is 46.2 Å². The summed E-state index contributed by atoms with van der Waals surface area (Å²) in [5.41, 5.74) is 9.07. The van der Waals surface area contributed by atoms with Gasteiger partial charge >= 0.3 is 0 Å². The first kappa shape index (κ1) is 15.9. The maximum atomic E-state index is 6.14. The van der Waals surface area contributed by atoms with E-state index in [0.29, 0.717) is 6.61 Å². The van der Waals surface area contributed by atoms with Crippen LogP contribution in [0.25, 0.3) is 11.1 Å². The van der Waals surface area contributed by atoms with Crippen LogP contribution >= 0.6 is 0 Å². The van der Waals surface area contributed by atoms with Gasteiger partial charge in [0.2, 0.25) is 0 Å². The first-order valence-corrected chi connectivity index (χ1v) is 8.97. The molecule has 2 heteroatoms. The highest BCUT2D eigenvalue weighted by atomic mass is 16.5. The van der Waals surface area contributed by atoms with E-state index in [1.54, 1.807) is 0 Å². The van der Waals surface area contributed by atoms with Gasteiger partial charge in [-0.1, -0.05) is 30.3 Å². The van der Waals surface area contributed by atoms with E-state index in [9.17, 15) is 0 Å². The summed E-state index contributed by atoms with van der Waals surface area (Å²) in [6.45, 7) is 4.77. The van der Waals surface area contributed by atoms with Crippen LogP contribution < -0.4 is 4.74 Å². The van der Waals surface area contributed by atoms with Crippen LogP contribution in [0, 0.1) is 13.8 Å². The molecule has 0 saturated carbocycles. The summed E-state index contributed by atoms with van der Waals surface area (Å²) in [7, 11) is 0. The van der Waals surface area contributed by atoms with Gasteiger partial charge in [0.05, 0.1) is 5.69 Å². The first-order chi connectivity index (χ1) is 12.2. The van der Waals surface area contributed by atoms with Crippen molar-refractivity contribution in [3.63, 3.8) is 0 Å². The molecule has 0 aliphatic heterocycles. The van der Waals surface area contributed by atoms with Gasteiger partial charge in [-0.15, -0.1) is 0 Å². The molecule has 0 bridgehead atoms. The Morgan fingerprint density at radius 3 is 2.60 bits per heavy atom. The largest absolute Gasteiger partial charge is 0.487 e. The zero-order valence-corrected chi connectivity index (χ0v) is 14.9. The van der Waals surface area contributed by atoms with E-state index in [4.69, 9.17) is 4.74 Å². The number of pyridine rings is 1. The van der Waals surface area contributed by atoms with Crippen LogP contribution in [0.5, 0.6) is 5.75 Å². The third kappa shape index (κ3) is 3.17. The van der Waals surface area contributed by atoms with Gasteiger partial charge in [-0.25, -0.2) is 0 Å². The third-order valence-electron chi connectivity index (χ3n) is 5.12. The molecule has 0 atom stereocenters. The summed E-state index contributed by atoms with van der Waals surface area (Å²) in [5, 5.41) is 0. The second kappa shape index (κ2) is 6.72. The Labute approximate surface area is 149 Å². The number of aromatic nitrogens is 1. The zero-order chi connectivity index (χ0) is 17.2. The molecule has 126 valence electrons. The van der Waals surface area contributed by atoms with Crippen LogP contribution in [-0.2, 0) is 19.4 Å². The molecule has 1 aromatic heterocycles. The van der Waals surface area contributed by atoms with E-state index in [-0.39, 0.29) is 0 Å². The number of fused-ring (bicyclic) bond motifs is 1. The maximum Gasteiger partial charge on any atom is 0.130 e. The summed E-state index contributed by atoms with van der Waals surface area (Å²) in [6, 6.07) is 17.1. The minimum atomic E-state index is 0.513. The fraction of sp³-hybridized carbons (Fsp3) is 0.261. The predicted molar refractivity (Wildman–Crippen MR) is 102 cm³/mol. The molecule has 0 spiro atoms. The maximum absolute atomic E-state index is 6.14. The minimum Gasteiger partial charge on any atom is -0.487 e. The summed E-state index contributed by atoms with van der Waals surface area (Å²) < 4.78 is 6.14. The van der Waals surface area contributed by atoms with Gasteiger partial charge in [-0.3, -0.25) is 4.98 Å². The van der Waals surface area contributed by atoms with Crippen LogP contribution in [0.2, 0.25) is 0 Å². The van der Waals surface area contributed by atoms with Crippen molar-refractivity contribution in [3.8, 4) is 16.9 Å². The quantitative estimate of drug-likeness (QED) is 0.636. The number of hydrogen-bond donors (Lipinski definition) is 0.